The van der Waals surface area contributed by atoms with Crippen molar-refractivity contribution in [3.05, 3.63) is 71.2 Å². The Hall–Kier alpha value is -3.12. The number of rotatable bonds is 8. The smallest absolute Gasteiger partial charge is 0.249 e. The third-order valence-electron chi connectivity index (χ3n) is 5.03. The first-order valence-electron chi connectivity index (χ1n) is 10.1. The number of fused-ring (bicyclic) bond motifs is 1. The lowest BCUT2D eigenvalue weighted by molar-refractivity contribution is -0.132. The zero-order chi connectivity index (χ0) is 20.9. The van der Waals surface area contributed by atoms with Gasteiger partial charge in [-0.3, -0.25) is 4.79 Å². The van der Waals surface area contributed by atoms with Gasteiger partial charge in [0.1, 0.15) is 0 Å². The highest BCUT2D eigenvalue weighted by Crippen LogP contribution is 2.26. The van der Waals surface area contributed by atoms with Crippen molar-refractivity contribution >= 4 is 28.4 Å². The molecule has 0 fully saturated rings. The van der Waals surface area contributed by atoms with E-state index >= 15 is 0 Å². The van der Waals surface area contributed by atoms with Crippen molar-refractivity contribution in [1.82, 2.24) is 20.1 Å². The van der Waals surface area contributed by atoms with Crippen LogP contribution >= 0.6 is 11.6 Å². The molecule has 7 heteroatoms. The van der Waals surface area contributed by atoms with E-state index in [9.17, 15) is 4.79 Å². The van der Waals surface area contributed by atoms with E-state index in [1.165, 1.54) is 0 Å². The van der Waals surface area contributed by atoms with Crippen LogP contribution in [-0.4, -0.2) is 32.5 Å². The summed E-state index contributed by atoms with van der Waals surface area (Å²) in [6.45, 7) is 2.97. The van der Waals surface area contributed by atoms with E-state index in [0.29, 0.717) is 41.8 Å². The maximum atomic E-state index is 12.9. The third kappa shape index (κ3) is 4.39. The molecule has 1 N–H and O–H groups in total. The van der Waals surface area contributed by atoms with Gasteiger partial charge in [-0.25, -0.2) is 0 Å². The van der Waals surface area contributed by atoms with Crippen molar-refractivity contribution in [2.45, 2.75) is 32.7 Å². The Morgan fingerprint density at radius 3 is 2.77 bits per heavy atom. The van der Waals surface area contributed by atoms with Crippen LogP contribution in [0.1, 0.15) is 31.2 Å². The number of halogens is 1. The molecule has 154 valence electrons. The minimum Gasteiger partial charge on any atom is -0.419 e. The minimum atomic E-state index is 0.0691. The van der Waals surface area contributed by atoms with Crippen LogP contribution in [0.5, 0.6) is 0 Å². The molecule has 0 spiro atoms. The van der Waals surface area contributed by atoms with Gasteiger partial charge in [-0.05, 0) is 36.6 Å². The number of amides is 1. The van der Waals surface area contributed by atoms with E-state index in [-0.39, 0.29) is 12.5 Å². The van der Waals surface area contributed by atoms with E-state index in [1.54, 1.807) is 11.0 Å². The molecule has 1 amide bonds. The van der Waals surface area contributed by atoms with E-state index in [2.05, 4.69) is 21.2 Å². The van der Waals surface area contributed by atoms with Crippen LogP contribution in [0.25, 0.3) is 22.4 Å². The van der Waals surface area contributed by atoms with E-state index in [0.717, 1.165) is 22.9 Å². The second-order valence-electron chi connectivity index (χ2n) is 7.16. The van der Waals surface area contributed by atoms with Gasteiger partial charge in [0.25, 0.3) is 0 Å². The highest BCUT2D eigenvalue weighted by atomic mass is 35.5. The Kier molecular flexibility index (Phi) is 6.14. The van der Waals surface area contributed by atoms with Gasteiger partial charge in [0.2, 0.25) is 17.7 Å². The van der Waals surface area contributed by atoms with Gasteiger partial charge < -0.3 is 14.3 Å². The molecule has 0 bridgehead atoms. The molecule has 4 aromatic rings. The Morgan fingerprint density at radius 1 is 1.13 bits per heavy atom. The lowest BCUT2D eigenvalue weighted by Gasteiger charge is -2.20. The van der Waals surface area contributed by atoms with Crippen molar-refractivity contribution in [3.8, 4) is 11.5 Å². The molecule has 4 rings (SSSR count). The molecule has 0 radical (unpaired) electrons. The third-order valence-corrected chi connectivity index (χ3v) is 5.36. The molecule has 2 aromatic carbocycles. The second-order valence-corrected chi connectivity index (χ2v) is 7.56. The van der Waals surface area contributed by atoms with Crippen LogP contribution in [0.4, 0.5) is 0 Å². The SMILES string of the molecule is CCCN(Cc1nnc(-c2ccccc2Cl)o1)C(=O)CCc1c[nH]c2ccccc12. The molecule has 0 aliphatic rings. The summed E-state index contributed by atoms with van der Waals surface area (Å²) in [6, 6.07) is 15.4. The van der Waals surface area contributed by atoms with Crippen LogP contribution < -0.4 is 0 Å². The lowest BCUT2D eigenvalue weighted by Crippen LogP contribution is -2.31. The number of hydrogen-bond donors (Lipinski definition) is 1. The number of carbonyl (C=O) groups is 1. The number of H-pyrrole nitrogens is 1. The highest BCUT2D eigenvalue weighted by Gasteiger charge is 2.18. The standard InChI is InChI=1S/C23H23ClN4O2/c1-2-13-28(15-21-26-27-23(30-21)18-8-3-5-9-19(18)24)22(29)12-11-16-14-25-20-10-6-4-7-17(16)20/h3-10,14,25H,2,11-13,15H2,1H3. The monoisotopic (exact) mass is 422 g/mol. The Bertz CT molecular complexity index is 1150. The van der Waals surface area contributed by atoms with Gasteiger partial charge >= 0.3 is 0 Å². The van der Waals surface area contributed by atoms with Crippen molar-refractivity contribution in [3.63, 3.8) is 0 Å². The van der Waals surface area contributed by atoms with E-state index < -0.39 is 0 Å². The summed E-state index contributed by atoms with van der Waals surface area (Å²) in [6.07, 6.45) is 3.94. The summed E-state index contributed by atoms with van der Waals surface area (Å²) in [5, 5.41) is 9.92. The molecule has 0 unspecified atom stereocenters. The number of aromatic nitrogens is 3. The molecule has 0 saturated carbocycles. The van der Waals surface area contributed by atoms with E-state index in [4.69, 9.17) is 16.0 Å². The number of nitrogens with one attached hydrogen (secondary N) is 1. The van der Waals surface area contributed by atoms with Crippen molar-refractivity contribution < 1.29 is 9.21 Å². The highest BCUT2D eigenvalue weighted by molar-refractivity contribution is 6.33. The van der Waals surface area contributed by atoms with Gasteiger partial charge in [0.15, 0.2) is 0 Å². The molecule has 0 aliphatic heterocycles. The average Bonchev–Trinajstić information content (AvgIpc) is 3.39. The fourth-order valence-corrected chi connectivity index (χ4v) is 3.74. The maximum absolute atomic E-state index is 12.9. The summed E-state index contributed by atoms with van der Waals surface area (Å²) < 4.78 is 5.78. The van der Waals surface area contributed by atoms with Crippen molar-refractivity contribution in [1.29, 1.82) is 0 Å². The fourth-order valence-electron chi connectivity index (χ4n) is 3.52. The van der Waals surface area contributed by atoms with Gasteiger partial charge in [-0.1, -0.05) is 48.9 Å². The molecule has 0 saturated heterocycles. The summed E-state index contributed by atoms with van der Waals surface area (Å²) >= 11 is 6.21. The van der Waals surface area contributed by atoms with Crippen molar-refractivity contribution in [2.75, 3.05) is 6.54 Å². The molecular weight excluding hydrogens is 400 g/mol. The summed E-state index contributed by atoms with van der Waals surface area (Å²) in [5.41, 5.74) is 2.92. The summed E-state index contributed by atoms with van der Waals surface area (Å²) in [4.78, 5) is 17.9. The van der Waals surface area contributed by atoms with E-state index in [1.807, 2.05) is 49.5 Å². The largest absolute Gasteiger partial charge is 0.419 e. The van der Waals surface area contributed by atoms with Gasteiger partial charge in [0, 0.05) is 30.1 Å². The van der Waals surface area contributed by atoms with Crippen LogP contribution in [0.15, 0.2) is 59.1 Å². The number of aryl methyl sites for hydroxylation is 1. The number of nitrogens with zero attached hydrogens (tertiary/aromatic N) is 3. The fraction of sp³-hybridized carbons (Fsp3) is 0.261. The summed E-state index contributed by atoms with van der Waals surface area (Å²) in [5.74, 6) is 0.830. The van der Waals surface area contributed by atoms with Crippen LogP contribution in [0.2, 0.25) is 5.02 Å². The minimum absolute atomic E-state index is 0.0691. The number of para-hydroxylation sites is 1. The molecule has 6 nitrogen and oxygen atoms in total. The number of carbonyl (C=O) groups excluding carboxylic acids is 1. The molecule has 30 heavy (non-hydrogen) atoms. The first-order valence-corrected chi connectivity index (χ1v) is 10.4. The first kappa shape index (κ1) is 20.2. The molecule has 2 aromatic heterocycles. The normalized spacial score (nSPS) is 11.1. The molecular formula is C23H23ClN4O2. The summed E-state index contributed by atoms with van der Waals surface area (Å²) in [7, 11) is 0. The van der Waals surface area contributed by atoms with Gasteiger partial charge in [-0.15, -0.1) is 10.2 Å². The topological polar surface area (TPSA) is 75.0 Å². The lowest BCUT2D eigenvalue weighted by atomic mass is 10.1. The average molecular weight is 423 g/mol. The molecule has 0 aliphatic carbocycles. The molecule has 2 heterocycles. The first-order chi connectivity index (χ1) is 14.7. The Morgan fingerprint density at radius 2 is 1.93 bits per heavy atom. The predicted molar refractivity (Wildman–Crippen MR) is 117 cm³/mol. The zero-order valence-corrected chi connectivity index (χ0v) is 17.5. The predicted octanol–water partition coefficient (Wildman–Crippen LogP) is 5.24. The quantitative estimate of drug-likeness (QED) is 0.421. The second kappa shape index (κ2) is 9.13. The van der Waals surface area contributed by atoms with Gasteiger partial charge in [-0.2, -0.15) is 0 Å². The van der Waals surface area contributed by atoms with Crippen LogP contribution in [0, 0.1) is 0 Å². The van der Waals surface area contributed by atoms with Gasteiger partial charge in [0.05, 0.1) is 17.1 Å². The van der Waals surface area contributed by atoms with Crippen LogP contribution in [-0.2, 0) is 17.8 Å². The van der Waals surface area contributed by atoms with Crippen molar-refractivity contribution in [2.24, 2.45) is 0 Å². The Balaban J connectivity index is 1.43. The molecule has 0 atom stereocenters. The Labute approximate surface area is 179 Å². The number of aromatic amines is 1. The number of hydrogen-bond acceptors (Lipinski definition) is 4. The maximum Gasteiger partial charge on any atom is 0.249 e. The zero-order valence-electron chi connectivity index (χ0n) is 16.8. The van der Waals surface area contributed by atoms with Crippen LogP contribution in [0.3, 0.4) is 0 Å². The number of benzene rings is 2.